The van der Waals surface area contributed by atoms with Crippen LogP contribution in [0, 0.1) is 0 Å². The first-order valence-corrected chi connectivity index (χ1v) is 9.16. The van der Waals surface area contributed by atoms with Crippen LogP contribution in [0.2, 0.25) is 0 Å². The molecule has 1 N–H and O–H groups in total. The lowest BCUT2D eigenvalue weighted by Crippen LogP contribution is -2.26. The van der Waals surface area contributed by atoms with Crippen molar-refractivity contribution >= 4 is 0 Å². The van der Waals surface area contributed by atoms with Crippen molar-refractivity contribution in [2.45, 2.75) is 24.4 Å². The first-order valence-electron chi connectivity index (χ1n) is 9.16. The molecule has 2 aromatic rings. The quantitative estimate of drug-likeness (QED) is 0.820. The summed E-state index contributed by atoms with van der Waals surface area (Å²) in [4.78, 5) is 2.30. The van der Waals surface area contributed by atoms with E-state index in [-0.39, 0.29) is 11.8 Å². The average Bonchev–Trinajstić information content (AvgIpc) is 3.30. The van der Waals surface area contributed by atoms with Crippen molar-refractivity contribution in [1.82, 2.24) is 15.1 Å². The maximum Gasteiger partial charge on any atom is 0.435 e. The van der Waals surface area contributed by atoms with E-state index >= 15 is 0 Å². The van der Waals surface area contributed by atoms with Gasteiger partial charge in [-0.2, -0.15) is 18.3 Å². The van der Waals surface area contributed by atoms with E-state index in [0.717, 1.165) is 37.7 Å². The van der Waals surface area contributed by atoms with Crippen LogP contribution in [0.1, 0.15) is 35.2 Å². The van der Waals surface area contributed by atoms with Crippen LogP contribution < -0.4 is 0 Å². The van der Waals surface area contributed by atoms with Gasteiger partial charge in [0.15, 0.2) is 5.69 Å². The highest BCUT2D eigenvalue weighted by atomic mass is 19.4. The highest BCUT2D eigenvalue weighted by Gasteiger charge is 2.39. The van der Waals surface area contributed by atoms with E-state index in [4.69, 9.17) is 4.74 Å². The lowest BCUT2D eigenvalue weighted by Gasteiger charge is -2.20. The van der Waals surface area contributed by atoms with Gasteiger partial charge in [0.25, 0.3) is 0 Å². The van der Waals surface area contributed by atoms with Crippen molar-refractivity contribution in [2.24, 2.45) is 0 Å². The maximum absolute atomic E-state index is 13.0. The molecule has 2 atom stereocenters. The summed E-state index contributed by atoms with van der Waals surface area (Å²) >= 11 is 0. The molecule has 3 heterocycles. The number of nitrogens with zero attached hydrogens (tertiary/aromatic N) is 2. The molecule has 0 aliphatic carbocycles. The second-order valence-corrected chi connectivity index (χ2v) is 7.23. The number of aromatic amines is 1. The Morgan fingerprint density at radius 1 is 1.15 bits per heavy atom. The minimum atomic E-state index is -4.43. The SMILES string of the molecule is FC(F)(F)c1cc([C@@H]2CN(CC3=CCCOC3)C[C@H]2c2ccccc2)[nH]n1. The Morgan fingerprint density at radius 2 is 1.93 bits per heavy atom. The predicted molar refractivity (Wildman–Crippen MR) is 95.5 cm³/mol. The fraction of sp³-hybridized carbons (Fsp3) is 0.450. The summed E-state index contributed by atoms with van der Waals surface area (Å²) in [6.45, 7) is 3.68. The summed E-state index contributed by atoms with van der Waals surface area (Å²) in [5.41, 5.74) is 2.08. The number of H-pyrrole nitrogens is 1. The fourth-order valence-electron chi connectivity index (χ4n) is 4.05. The van der Waals surface area contributed by atoms with Crippen molar-refractivity contribution in [3.8, 4) is 0 Å². The van der Waals surface area contributed by atoms with Crippen molar-refractivity contribution in [3.63, 3.8) is 0 Å². The molecule has 1 fully saturated rings. The minimum Gasteiger partial charge on any atom is -0.377 e. The van der Waals surface area contributed by atoms with Crippen molar-refractivity contribution in [2.75, 3.05) is 32.8 Å². The molecule has 0 saturated carbocycles. The zero-order valence-electron chi connectivity index (χ0n) is 14.9. The second-order valence-electron chi connectivity index (χ2n) is 7.23. The molecule has 4 nitrogen and oxygen atoms in total. The van der Waals surface area contributed by atoms with Crippen LogP contribution in [0.15, 0.2) is 48.0 Å². The monoisotopic (exact) mass is 377 g/mol. The molecule has 1 aromatic carbocycles. The molecule has 0 radical (unpaired) electrons. The Labute approximate surface area is 156 Å². The third-order valence-electron chi connectivity index (χ3n) is 5.32. The van der Waals surface area contributed by atoms with E-state index in [2.05, 4.69) is 21.2 Å². The fourth-order valence-corrected chi connectivity index (χ4v) is 4.05. The second kappa shape index (κ2) is 7.48. The molecule has 1 aromatic heterocycles. The van der Waals surface area contributed by atoms with Crippen molar-refractivity contribution < 1.29 is 17.9 Å². The van der Waals surface area contributed by atoms with Crippen LogP contribution in [-0.4, -0.2) is 47.9 Å². The number of hydrogen-bond acceptors (Lipinski definition) is 3. The van der Waals surface area contributed by atoms with E-state index in [1.54, 1.807) is 0 Å². The lowest BCUT2D eigenvalue weighted by molar-refractivity contribution is -0.141. The van der Waals surface area contributed by atoms with Gasteiger partial charge in [0, 0.05) is 37.2 Å². The van der Waals surface area contributed by atoms with E-state index in [9.17, 15) is 13.2 Å². The van der Waals surface area contributed by atoms with Gasteiger partial charge < -0.3 is 4.74 Å². The number of aromatic nitrogens is 2. The Bertz CT molecular complexity index is 800. The lowest BCUT2D eigenvalue weighted by atomic mass is 9.87. The summed E-state index contributed by atoms with van der Waals surface area (Å²) in [7, 11) is 0. The smallest absolute Gasteiger partial charge is 0.377 e. The highest BCUT2D eigenvalue weighted by molar-refractivity contribution is 5.29. The summed E-state index contributed by atoms with van der Waals surface area (Å²) < 4.78 is 44.5. The van der Waals surface area contributed by atoms with Gasteiger partial charge in [0.2, 0.25) is 0 Å². The van der Waals surface area contributed by atoms with Gasteiger partial charge in [-0.05, 0) is 23.6 Å². The Morgan fingerprint density at radius 3 is 2.59 bits per heavy atom. The van der Waals surface area contributed by atoms with Crippen molar-refractivity contribution in [1.29, 1.82) is 0 Å². The molecule has 27 heavy (non-hydrogen) atoms. The molecule has 2 aliphatic rings. The molecule has 144 valence electrons. The predicted octanol–water partition coefficient (Wildman–Crippen LogP) is 3.96. The summed E-state index contributed by atoms with van der Waals surface area (Å²) in [5, 5.41) is 6.14. The number of likely N-dealkylation sites (tertiary alicyclic amines) is 1. The summed E-state index contributed by atoms with van der Waals surface area (Å²) in [5.74, 6) is 0.0685. The molecule has 7 heteroatoms. The molecule has 0 spiro atoms. The number of ether oxygens (including phenoxy) is 1. The van der Waals surface area contributed by atoms with Gasteiger partial charge in [-0.15, -0.1) is 0 Å². The molecular formula is C20H22F3N3O. The zero-order chi connectivity index (χ0) is 18.9. The Hall–Kier alpha value is -2.12. The van der Waals surface area contributed by atoms with Crippen LogP contribution in [0.25, 0.3) is 0 Å². The van der Waals surface area contributed by atoms with E-state index in [0.29, 0.717) is 18.8 Å². The van der Waals surface area contributed by atoms with Gasteiger partial charge >= 0.3 is 6.18 Å². The molecule has 0 bridgehead atoms. The van der Waals surface area contributed by atoms with Crippen LogP contribution in [0.3, 0.4) is 0 Å². The van der Waals surface area contributed by atoms with Gasteiger partial charge in [-0.3, -0.25) is 10.00 Å². The Balaban J connectivity index is 1.58. The number of hydrogen-bond donors (Lipinski definition) is 1. The van der Waals surface area contributed by atoms with Crippen LogP contribution in [0.4, 0.5) is 13.2 Å². The topological polar surface area (TPSA) is 41.1 Å². The minimum absolute atomic E-state index is 0.0545. The van der Waals surface area contributed by atoms with Crippen molar-refractivity contribution in [3.05, 3.63) is 65.0 Å². The van der Waals surface area contributed by atoms with Gasteiger partial charge in [0.05, 0.1) is 13.2 Å². The standard InChI is InChI=1S/C20H22F3N3O/c21-20(22,23)19-9-18(24-25-19)17-12-26(10-14-5-4-8-27-13-14)11-16(17)15-6-2-1-3-7-15/h1-3,5-7,9,16-17H,4,8,10-13H2,(H,24,25)/t16-,17+/m0/s1. The molecule has 2 aliphatic heterocycles. The van der Waals surface area contributed by atoms with Gasteiger partial charge in [-0.1, -0.05) is 36.4 Å². The van der Waals surface area contributed by atoms with Crippen LogP contribution >= 0.6 is 0 Å². The van der Waals surface area contributed by atoms with Crippen LogP contribution in [0.5, 0.6) is 0 Å². The number of nitrogens with one attached hydrogen (secondary N) is 1. The number of benzene rings is 1. The normalized spacial score (nSPS) is 24.2. The van der Waals surface area contributed by atoms with Gasteiger partial charge in [0.1, 0.15) is 0 Å². The summed E-state index contributed by atoms with van der Waals surface area (Å²) in [6.07, 6.45) is -1.30. The largest absolute Gasteiger partial charge is 0.435 e. The van der Waals surface area contributed by atoms with E-state index < -0.39 is 11.9 Å². The highest BCUT2D eigenvalue weighted by Crippen LogP contribution is 2.40. The number of halogens is 3. The molecule has 1 saturated heterocycles. The summed E-state index contributed by atoms with van der Waals surface area (Å²) in [6, 6.07) is 11.2. The molecule has 0 unspecified atom stereocenters. The van der Waals surface area contributed by atoms with E-state index in [1.807, 2.05) is 30.3 Å². The zero-order valence-corrected chi connectivity index (χ0v) is 14.9. The van der Waals surface area contributed by atoms with Crippen LogP contribution in [-0.2, 0) is 10.9 Å². The molecular weight excluding hydrogens is 355 g/mol. The third-order valence-corrected chi connectivity index (χ3v) is 5.32. The Kier molecular flexibility index (Phi) is 5.06. The van der Waals surface area contributed by atoms with Gasteiger partial charge in [-0.25, -0.2) is 0 Å². The maximum atomic E-state index is 13.0. The molecule has 4 rings (SSSR count). The molecule has 0 amide bonds. The van der Waals surface area contributed by atoms with E-state index in [1.165, 1.54) is 5.57 Å². The average molecular weight is 377 g/mol. The third kappa shape index (κ3) is 4.09. The first kappa shape index (κ1) is 18.3. The first-order chi connectivity index (χ1) is 13.0. The number of alkyl halides is 3. The number of rotatable bonds is 4.